The summed E-state index contributed by atoms with van der Waals surface area (Å²) in [6.45, 7) is 4.22. The average Bonchev–Trinajstić information content (AvgIpc) is 2.07. The quantitative estimate of drug-likeness (QED) is 0.667. The van der Waals surface area contributed by atoms with Gasteiger partial charge in [0.05, 0.1) is 0 Å². The van der Waals surface area contributed by atoms with Crippen molar-refractivity contribution in [3.05, 3.63) is 30.1 Å². The molecule has 0 atom stereocenters. The Bertz CT molecular complexity index is 160. The molecule has 0 aliphatic rings. The molecule has 0 bridgehead atoms. The van der Waals surface area contributed by atoms with Crippen LogP contribution in [-0.2, 0) is 0 Å². The number of aromatic nitrogens is 1. The molecule has 0 saturated carbocycles. The standard InChI is InChI=1S/C6H7N.C3H8O/c1-6-4-2-3-5-7-6;1-2-3-4/h2-5H,1H3;4H,2-3H2,1H3. The van der Waals surface area contributed by atoms with Crippen LogP contribution in [0.4, 0.5) is 0 Å². The number of hydrogen-bond donors (Lipinski definition) is 1. The predicted molar refractivity (Wildman–Crippen MR) is 46.4 cm³/mol. The summed E-state index contributed by atoms with van der Waals surface area (Å²) in [5.41, 5.74) is 1.07. The first-order valence-corrected chi connectivity index (χ1v) is 3.79. The molecule has 2 nitrogen and oxygen atoms in total. The summed E-state index contributed by atoms with van der Waals surface area (Å²) >= 11 is 0. The predicted octanol–water partition coefficient (Wildman–Crippen LogP) is 1.78. The Kier molecular flexibility index (Phi) is 6.64. The first kappa shape index (κ1) is 10.1. The molecule has 0 radical (unpaired) electrons. The summed E-state index contributed by atoms with van der Waals surface area (Å²) in [7, 11) is 0. The summed E-state index contributed by atoms with van der Waals surface area (Å²) in [5, 5.41) is 7.88. The fourth-order valence-corrected chi connectivity index (χ4v) is 0.448. The van der Waals surface area contributed by atoms with E-state index in [0.29, 0.717) is 6.61 Å². The van der Waals surface area contributed by atoms with Gasteiger partial charge in [-0.3, -0.25) is 4.98 Å². The Morgan fingerprint density at radius 2 is 2.09 bits per heavy atom. The highest BCUT2D eigenvalue weighted by Crippen LogP contribution is 1.85. The van der Waals surface area contributed by atoms with E-state index in [-0.39, 0.29) is 0 Å². The zero-order valence-corrected chi connectivity index (χ0v) is 7.12. The highest BCUT2D eigenvalue weighted by atomic mass is 16.2. The monoisotopic (exact) mass is 153 g/mol. The summed E-state index contributed by atoms with van der Waals surface area (Å²) < 4.78 is 0. The Balaban J connectivity index is 0.000000218. The van der Waals surface area contributed by atoms with Gasteiger partial charge in [0.2, 0.25) is 0 Å². The van der Waals surface area contributed by atoms with Crippen LogP contribution in [0.1, 0.15) is 19.0 Å². The fourth-order valence-electron chi connectivity index (χ4n) is 0.448. The van der Waals surface area contributed by atoms with Gasteiger partial charge in [0.15, 0.2) is 0 Å². The van der Waals surface area contributed by atoms with Gasteiger partial charge in [-0.25, -0.2) is 0 Å². The zero-order chi connectivity index (χ0) is 8.53. The molecule has 11 heavy (non-hydrogen) atoms. The van der Waals surface area contributed by atoms with Gasteiger partial charge in [0.1, 0.15) is 0 Å². The molecule has 1 aromatic heterocycles. The second-order valence-corrected chi connectivity index (χ2v) is 2.19. The van der Waals surface area contributed by atoms with Crippen molar-refractivity contribution >= 4 is 0 Å². The van der Waals surface area contributed by atoms with Crippen LogP contribution in [0.25, 0.3) is 0 Å². The molecule has 62 valence electrons. The molecule has 0 aromatic carbocycles. The summed E-state index contributed by atoms with van der Waals surface area (Å²) in [4.78, 5) is 3.98. The second-order valence-electron chi connectivity index (χ2n) is 2.19. The lowest BCUT2D eigenvalue weighted by Crippen LogP contribution is -1.72. The van der Waals surface area contributed by atoms with E-state index in [1.165, 1.54) is 0 Å². The molecule has 1 heterocycles. The van der Waals surface area contributed by atoms with Gasteiger partial charge >= 0.3 is 0 Å². The van der Waals surface area contributed by atoms with Gasteiger partial charge in [-0.05, 0) is 25.5 Å². The Morgan fingerprint density at radius 1 is 1.45 bits per heavy atom. The van der Waals surface area contributed by atoms with Crippen molar-refractivity contribution in [2.45, 2.75) is 20.3 Å². The Labute approximate surface area is 67.9 Å². The minimum absolute atomic E-state index is 0.319. The second kappa shape index (κ2) is 7.22. The van der Waals surface area contributed by atoms with Crippen molar-refractivity contribution < 1.29 is 5.11 Å². The Morgan fingerprint density at radius 3 is 2.27 bits per heavy atom. The summed E-state index contributed by atoms with van der Waals surface area (Å²) in [6, 6.07) is 5.86. The maximum atomic E-state index is 7.88. The molecule has 1 aromatic rings. The lowest BCUT2D eigenvalue weighted by Gasteiger charge is -1.82. The van der Waals surface area contributed by atoms with E-state index in [4.69, 9.17) is 5.11 Å². The minimum atomic E-state index is 0.319. The van der Waals surface area contributed by atoms with Crippen LogP contribution in [-0.4, -0.2) is 16.7 Å². The number of aryl methyl sites for hydroxylation is 1. The van der Waals surface area contributed by atoms with E-state index >= 15 is 0 Å². The van der Waals surface area contributed by atoms with Crippen molar-refractivity contribution in [1.82, 2.24) is 4.98 Å². The lowest BCUT2D eigenvalue weighted by atomic mass is 10.4. The van der Waals surface area contributed by atoms with E-state index in [2.05, 4.69) is 4.98 Å². The molecule has 1 N–H and O–H groups in total. The summed E-state index contributed by atoms with van der Waals surface area (Å²) in [5.74, 6) is 0. The molecule has 0 unspecified atom stereocenters. The number of nitrogens with zero attached hydrogens (tertiary/aromatic N) is 1. The third-order valence-electron chi connectivity index (χ3n) is 1.04. The number of aliphatic hydroxyl groups is 1. The normalized spacial score (nSPS) is 8.27. The number of hydrogen-bond acceptors (Lipinski definition) is 2. The lowest BCUT2D eigenvalue weighted by molar-refractivity contribution is 0.295. The van der Waals surface area contributed by atoms with Crippen LogP contribution in [0.3, 0.4) is 0 Å². The average molecular weight is 153 g/mol. The SMILES string of the molecule is CCCO.Cc1ccccn1. The summed E-state index contributed by atoms with van der Waals surface area (Å²) in [6.07, 6.45) is 2.66. The van der Waals surface area contributed by atoms with E-state index in [1.807, 2.05) is 32.0 Å². The topological polar surface area (TPSA) is 33.1 Å². The van der Waals surface area contributed by atoms with Crippen LogP contribution in [0.2, 0.25) is 0 Å². The van der Waals surface area contributed by atoms with Gasteiger partial charge < -0.3 is 5.11 Å². The molecule has 0 aliphatic carbocycles. The fraction of sp³-hybridized carbons (Fsp3) is 0.444. The van der Waals surface area contributed by atoms with Crippen molar-refractivity contribution in [3.8, 4) is 0 Å². The van der Waals surface area contributed by atoms with Crippen molar-refractivity contribution in [3.63, 3.8) is 0 Å². The molecule has 1 rings (SSSR count). The highest BCUT2D eigenvalue weighted by Gasteiger charge is 1.73. The van der Waals surface area contributed by atoms with Crippen molar-refractivity contribution in [2.24, 2.45) is 0 Å². The van der Waals surface area contributed by atoms with Gasteiger partial charge in [-0.2, -0.15) is 0 Å². The van der Waals surface area contributed by atoms with Gasteiger partial charge in [-0.1, -0.05) is 13.0 Å². The number of pyridine rings is 1. The van der Waals surface area contributed by atoms with Crippen molar-refractivity contribution in [2.75, 3.05) is 6.61 Å². The first-order valence-electron chi connectivity index (χ1n) is 3.79. The molecule has 0 spiro atoms. The maximum absolute atomic E-state index is 7.88. The maximum Gasteiger partial charge on any atom is 0.0428 e. The van der Waals surface area contributed by atoms with Gasteiger partial charge in [0, 0.05) is 18.5 Å². The van der Waals surface area contributed by atoms with Crippen LogP contribution < -0.4 is 0 Å². The van der Waals surface area contributed by atoms with Gasteiger partial charge in [-0.15, -0.1) is 0 Å². The van der Waals surface area contributed by atoms with Crippen LogP contribution in [0.5, 0.6) is 0 Å². The van der Waals surface area contributed by atoms with E-state index in [9.17, 15) is 0 Å². The first-order chi connectivity index (χ1) is 5.31. The van der Waals surface area contributed by atoms with Crippen molar-refractivity contribution in [1.29, 1.82) is 0 Å². The van der Waals surface area contributed by atoms with Crippen LogP contribution in [0, 0.1) is 6.92 Å². The largest absolute Gasteiger partial charge is 0.396 e. The number of rotatable bonds is 1. The third kappa shape index (κ3) is 7.00. The minimum Gasteiger partial charge on any atom is -0.396 e. The molecule has 2 heteroatoms. The zero-order valence-electron chi connectivity index (χ0n) is 7.12. The molecule has 0 fully saturated rings. The van der Waals surface area contributed by atoms with E-state index < -0.39 is 0 Å². The number of aliphatic hydroxyl groups excluding tert-OH is 1. The van der Waals surface area contributed by atoms with E-state index in [1.54, 1.807) is 6.20 Å². The smallest absolute Gasteiger partial charge is 0.0428 e. The van der Waals surface area contributed by atoms with Crippen LogP contribution >= 0.6 is 0 Å². The van der Waals surface area contributed by atoms with Crippen LogP contribution in [0.15, 0.2) is 24.4 Å². The molecule has 0 saturated heterocycles. The third-order valence-corrected chi connectivity index (χ3v) is 1.04. The highest BCUT2D eigenvalue weighted by molar-refractivity contribution is 4.99. The molecular formula is C9H15NO. The van der Waals surface area contributed by atoms with E-state index in [0.717, 1.165) is 12.1 Å². The Hall–Kier alpha value is -0.890. The van der Waals surface area contributed by atoms with Gasteiger partial charge in [0.25, 0.3) is 0 Å². The molecule has 0 amide bonds. The molecular weight excluding hydrogens is 138 g/mol. The molecule has 0 aliphatic heterocycles.